The van der Waals surface area contributed by atoms with Crippen LogP contribution in [-0.4, -0.2) is 41.2 Å². The predicted octanol–water partition coefficient (Wildman–Crippen LogP) is 2.59. The van der Waals surface area contributed by atoms with Gasteiger partial charge < -0.3 is 4.42 Å². The van der Waals surface area contributed by atoms with E-state index in [1.54, 1.807) is 11.6 Å². The van der Waals surface area contributed by atoms with Gasteiger partial charge in [0.1, 0.15) is 6.20 Å². The highest BCUT2D eigenvalue weighted by Crippen LogP contribution is 2.32. The zero-order valence-corrected chi connectivity index (χ0v) is 16.0. The van der Waals surface area contributed by atoms with Gasteiger partial charge in [0.05, 0.1) is 0 Å². The molecule has 1 aromatic carbocycles. The Morgan fingerprint density at radius 2 is 1.89 bits per heavy atom. The van der Waals surface area contributed by atoms with Gasteiger partial charge in [0.15, 0.2) is 5.76 Å². The topological polar surface area (TPSA) is 70.0 Å². The lowest BCUT2D eigenvalue weighted by Crippen LogP contribution is -2.63. The Morgan fingerprint density at radius 1 is 1.19 bits per heavy atom. The Kier molecular flexibility index (Phi) is 3.91. The number of fused-ring (bicyclic) bond motifs is 3. The van der Waals surface area contributed by atoms with Crippen LogP contribution in [0.5, 0.6) is 0 Å². The molecule has 1 aromatic heterocycles. The van der Waals surface area contributed by atoms with Gasteiger partial charge in [-0.05, 0) is 12.0 Å². The van der Waals surface area contributed by atoms with Gasteiger partial charge in [-0.25, -0.2) is 4.79 Å². The fourth-order valence-corrected chi connectivity index (χ4v) is 3.35. The van der Waals surface area contributed by atoms with Crippen LogP contribution in [0.1, 0.15) is 38.1 Å². The number of amides is 3. The Labute approximate surface area is 157 Å². The number of amidine groups is 1. The summed E-state index contributed by atoms with van der Waals surface area (Å²) in [6.45, 7) is 6.44. The van der Waals surface area contributed by atoms with Crippen LogP contribution in [0.15, 0.2) is 45.9 Å². The number of aliphatic imine (C=N–C) groups is 1. The molecule has 1 fully saturated rings. The fraction of sp³-hybridized carbons (Fsp3) is 0.400. The second kappa shape index (κ2) is 6.04. The lowest BCUT2D eigenvalue weighted by molar-refractivity contribution is -0.679. The van der Waals surface area contributed by atoms with Crippen LogP contribution >= 0.6 is 0 Å². The molecule has 1 saturated heterocycles. The highest BCUT2D eigenvalue weighted by atomic mass is 16.4. The SMILES string of the molecule is CN1C(=O)N(CCc2ccccc2)C(=O)C2C1=Nc1oc(C(C)(C)C)c[n+]12. The quantitative estimate of drug-likeness (QED) is 0.783. The molecule has 0 spiro atoms. The summed E-state index contributed by atoms with van der Waals surface area (Å²) in [5.41, 5.74) is 0.887. The maximum atomic E-state index is 13.1. The van der Waals surface area contributed by atoms with Crippen LogP contribution in [-0.2, 0) is 16.6 Å². The van der Waals surface area contributed by atoms with E-state index in [2.05, 4.69) is 4.99 Å². The van der Waals surface area contributed by atoms with Crippen LogP contribution in [0.2, 0.25) is 0 Å². The molecule has 1 unspecified atom stereocenters. The second-order valence-corrected chi connectivity index (χ2v) is 7.97. The third-order valence-corrected chi connectivity index (χ3v) is 4.98. The van der Waals surface area contributed by atoms with E-state index in [0.29, 0.717) is 24.8 Å². The lowest BCUT2D eigenvalue weighted by atomic mass is 9.94. The molecule has 2 aromatic rings. The van der Waals surface area contributed by atoms with E-state index < -0.39 is 6.04 Å². The summed E-state index contributed by atoms with van der Waals surface area (Å²) in [5.74, 6) is 0.904. The van der Waals surface area contributed by atoms with Crippen molar-refractivity contribution in [3.63, 3.8) is 0 Å². The summed E-state index contributed by atoms with van der Waals surface area (Å²) in [4.78, 5) is 33.0. The van der Waals surface area contributed by atoms with Crippen molar-refractivity contribution in [1.29, 1.82) is 0 Å². The average molecular weight is 367 g/mol. The van der Waals surface area contributed by atoms with E-state index in [4.69, 9.17) is 4.42 Å². The molecular formula is C20H23N4O3+. The van der Waals surface area contributed by atoms with E-state index in [9.17, 15) is 9.59 Å². The molecule has 140 valence electrons. The number of hydrogen-bond acceptors (Lipinski definition) is 4. The molecule has 2 aliphatic rings. The van der Waals surface area contributed by atoms with E-state index in [-0.39, 0.29) is 17.4 Å². The zero-order valence-electron chi connectivity index (χ0n) is 16.0. The summed E-state index contributed by atoms with van der Waals surface area (Å²) in [5, 5.41) is 0. The number of urea groups is 1. The van der Waals surface area contributed by atoms with Gasteiger partial charge in [-0.2, -0.15) is 4.57 Å². The minimum Gasteiger partial charge on any atom is -0.389 e. The second-order valence-electron chi connectivity index (χ2n) is 7.97. The molecule has 2 aliphatic heterocycles. The molecule has 1 atom stereocenters. The number of nitrogens with zero attached hydrogens (tertiary/aromatic N) is 4. The molecule has 0 radical (unpaired) electrons. The van der Waals surface area contributed by atoms with Gasteiger partial charge >= 0.3 is 12.0 Å². The van der Waals surface area contributed by atoms with E-state index in [1.165, 1.54) is 9.80 Å². The lowest BCUT2D eigenvalue weighted by Gasteiger charge is -2.32. The van der Waals surface area contributed by atoms with Crippen LogP contribution < -0.4 is 4.57 Å². The fourth-order valence-electron chi connectivity index (χ4n) is 3.35. The van der Waals surface area contributed by atoms with Gasteiger partial charge in [0.25, 0.3) is 17.8 Å². The first-order valence-corrected chi connectivity index (χ1v) is 9.04. The number of oxazole rings is 1. The molecule has 7 heteroatoms. The van der Waals surface area contributed by atoms with Gasteiger partial charge in [0.2, 0.25) is 0 Å². The number of rotatable bonds is 3. The summed E-state index contributed by atoms with van der Waals surface area (Å²) in [6.07, 6.45) is 2.44. The predicted molar refractivity (Wildman–Crippen MR) is 98.8 cm³/mol. The molecule has 0 N–H and O–H groups in total. The minimum absolute atomic E-state index is 0.195. The maximum absolute atomic E-state index is 13.1. The van der Waals surface area contributed by atoms with Crippen molar-refractivity contribution >= 4 is 23.8 Å². The third kappa shape index (κ3) is 2.83. The molecular weight excluding hydrogens is 344 g/mol. The van der Waals surface area contributed by atoms with Crippen LogP contribution in [0.3, 0.4) is 0 Å². The maximum Gasteiger partial charge on any atom is 0.506 e. The van der Waals surface area contributed by atoms with Crippen LogP contribution in [0, 0.1) is 0 Å². The summed E-state index contributed by atoms with van der Waals surface area (Å²) >= 11 is 0. The number of imide groups is 1. The number of likely N-dealkylation sites (N-methyl/N-ethyl adjacent to an activating group) is 1. The first-order chi connectivity index (χ1) is 12.8. The van der Waals surface area contributed by atoms with E-state index in [0.717, 1.165) is 11.3 Å². The molecule has 0 bridgehead atoms. The smallest absolute Gasteiger partial charge is 0.389 e. The van der Waals surface area contributed by atoms with Gasteiger partial charge in [0, 0.05) is 24.0 Å². The van der Waals surface area contributed by atoms with Crippen molar-refractivity contribution < 1.29 is 18.6 Å². The van der Waals surface area contributed by atoms with Crippen LogP contribution in [0.4, 0.5) is 10.8 Å². The minimum atomic E-state index is -0.654. The molecule has 7 nitrogen and oxygen atoms in total. The highest BCUT2D eigenvalue weighted by Gasteiger charge is 2.55. The molecule has 4 rings (SSSR count). The Hall–Kier alpha value is -2.96. The van der Waals surface area contributed by atoms with E-state index in [1.807, 2.05) is 57.3 Å². The van der Waals surface area contributed by atoms with Crippen molar-refractivity contribution in [2.75, 3.05) is 13.6 Å². The molecule has 27 heavy (non-hydrogen) atoms. The average Bonchev–Trinajstić information content (AvgIpc) is 3.18. The largest absolute Gasteiger partial charge is 0.506 e. The monoisotopic (exact) mass is 367 g/mol. The Balaban J connectivity index is 1.63. The zero-order chi connectivity index (χ0) is 19.3. The van der Waals surface area contributed by atoms with Crippen LogP contribution in [0.25, 0.3) is 0 Å². The van der Waals surface area contributed by atoms with E-state index >= 15 is 0 Å². The first-order valence-electron chi connectivity index (χ1n) is 9.04. The number of carbonyl (C=O) groups is 2. The van der Waals surface area contributed by atoms with Crippen molar-refractivity contribution in [1.82, 2.24) is 9.80 Å². The molecule has 0 aliphatic carbocycles. The summed E-state index contributed by atoms with van der Waals surface area (Å²) in [6, 6.07) is 9.17. The standard InChI is InChI=1S/C20H23N4O3/c1-20(2,3)14-12-24-15-16(21-18(24)27-14)22(4)19(26)23(17(15)25)11-10-13-8-6-5-7-9-13/h5-9,12,15H,10-11H2,1-4H3/q+1. The number of benzene rings is 1. The summed E-state index contributed by atoms with van der Waals surface area (Å²) < 4.78 is 7.58. The Morgan fingerprint density at radius 3 is 2.56 bits per heavy atom. The normalized spacial score (nSPS) is 19.3. The number of aromatic nitrogens is 1. The Bertz CT molecular complexity index is 940. The molecule has 0 saturated carbocycles. The van der Waals surface area contributed by atoms with Gasteiger partial charge in [-0.1, -0.05) is 51.1 Å². The van der Waals surface area contributed by atoms with Crippen molar-refractivity contribution in [2.24, 2.45) is 4.99 Å². The first kappa shape index (κ1) is 17.5. The van der Waals surface area contributed by atoms with Crippen molar-refractivity contribution in [2.45, 2.75) is 38.6 Å². The number of carbonyl (C=O) groups excluding carboxylic acids is 2. The molecule has 3 amide bonds. The number of hydrogen-bond donors (Lipinski definition) is 0. The van der Waals surface area contributed by atoms with Gasteiger partial charge in [-0.3, -0.25) is 14.6 Å². The van der Waals surface area contributed by atoms with Gasteiger partial charge in [-0.15, -0.1) is 0 Å². The van der Waals surface area contributed by atoms with Crippen molar-refractivity contribution in [3.8, 4) is 0 Å². The van der Waals surface area contributed by atoms with Crippen molar-refractivity contribution in [3.05, 3.63) is 47.9 Å². The highest BCUT2D eigenvalue weighted by molar-refractivity contribution is 6.18. The summed E-state index contributed by atoms with van der Waals surface area (Å²) in [7, 11) is 1.65. The molecule has 3 heterocycles. The third-order valence-electron chi connectivity index (χ3n) is 4.98.